The highest BCUT2D eigenvalue weighted by Gasteiger charge is 2.27. The van der Waals surface area contributed by atoms with E-state index in [2.05, 4.69) is 60.6 Å². The molecule has 0 aliphatic heterocycles. The number of benzene rings is 1. The van der Waals surface area contributed by atoms with Crippen LogP contribution in [0.1, 0.15) is 73.5 Å². The number of hydrogen-bond donors (Lipinski definition) is 1. The molecule has 0 saturated heterocycles. The van der Waals surface area contributed by atoms with Crippen molar-refractivity contribution >= 4 is 5.91 Å². The van der Waals surface area contributed by atoms with Crippen LogP contribution in [0, 0.1) is 13.8 Å². The zero-order valence-corrected chi connectivity index (χ0v) is 18.5. The van der Waals surface area contributed by atoms with Crippen LogP contribution in [0.5, 0.6) is 0 Å². The second kappa shape index (κ2) is 7.74. The maximum absolute atomic E-state index is 12.7. The Hall–Kier alpha value is -2.89. The molecule has 6 nitrogen and oxygen atoms in total. The van der Waals surface area contributed by atoms with Gasteiger partial charge in [-0.2, -0.15) is 5.10 Å². The number of carbonyl (C=O) groups excluding carboxylic acids is 1. The van der Waals surface area contributed by atoms with E-state index in [1.165, 1.54) is 11.3 Å². The van der Waals surface area contributed by atoms with Crippen molar-refractivity contribution in [2.24, 2.45) is 0 Å². The molecule has 0 spiro atoms. The van der Waals surface area contributed by atoms with Gasteiger partial charge in [0.05, 0.1) is 30.0 Å². The van der Waals surface area contributed by atoms with Gasteiger partial charge in [-0.3, -0.25) is 4.79 Å². The van der Waals surface area contributed by atoms with Crippen LogP contribution in [-0.4, -0.2) is 20.8 Å². The summed E-state index contributed by atoms with van der Waals surface area (Å²) < 4.78 is 7.20. The van der Waals surface area contributed by atoms with Crippen LogP contribution in [-0.2, 0) is 23.1 Å². The second-order valence-corrected chi connectivity index (χ2v) is 9.25. The average Bonchev–Trinajstić information content (AvgIpc) is 3.27. The first-order valence-electron chi connectivity index (χ1n) is 10.6. The highest BCUT2D eigenvalue weighted by molar-refractivity contribution is 5.79. The highest BCUT2D eigenvalue weighted by atomic mass is 16.5. The Bertz CT molecular complexity index is 1030. The first-order chi connectivity index (χ1) is 14.2. The van der Waals surface area contributed by atoms with E-state index >= 15 is 0 Å². The van der Waals surface area contributed by atoms with Crippen LogP contribution in [0.2, 0.25) is 0 Å². The molecule has 3 aromatic rings. The largest absolute Gasteiger partial charge is 0.361 e. The zero-order chi connectivity index (χ0) is 21.5. The lowest BCUT2D eigenvalue weighted by Gasteiger charge is -2.24. The number of hydrogen-bond acceptors (Lipinski definition) is 4. The predicted molar refractivity (Wildman–Crippen MR) is 116 cm³/mol. The fraction of sp³-hybridized carbons (Fsp3) is 0.458. The molecular weight excluding hydrogens is 376 g/mol. The van der Waals surface area contributed by atoms with Crippen molar-refractivity contribution in [3.05, 3.63) is 64.3 Å². The summed E-state index contributed by atoms with van der Waals surface area (Å²) in [7, 11) is 0. The van der Waals surface area contributed by atoms with Crippen LogP contribution >= 0.6 is 0 Å². The van der Waals surface area contributed by atoms with Crippen molar-refractivity contribution in [3.63, 3.8) is 0 Å². The van der Waals surface area contributed by atoms with Gasteiger partial charge in [-0.15, -0.1) is 0 Å². The summed E-state index contributed by atoms with van der Waals surface area (Å²) >= 11 is 0. The van der Waals surface area contributed by atoms with Gasteiger partial charge < -0.3 is 9.84 Å². The molecular formula is C24H30N4O2. The van der Waals surface area contributed by atoms with E-state index in [9.17, 15) is 4.79 Å². The van der Waals surface area contributed by atoms with Gasteiger partial charge in [-0.25, -0.2) is 4.68 Å². The molecule has 2 heterocycles. The van der Waals surface area contributed by atoms with Crippen LogP contribution < -0.4 is 5.32 Å². The van der Waals surface area contributed by atoms with E-state index in [4.69, 9.17) is 4.52 Å². The number of nitrogens with one attached hydrogen (secondary N) is 1. The first kappa shape index (κ1) is 20.4. The van der Waals surface area contributed by atoms with E-state index in [1.54, 1.807) is 0 Å². The minimum absolute atomic E-state index is 0.00969. The van der Waals surface area contributed by atoms with E-state index in [1.807, 2.05) is 24.7 Å². The number of carbonyl (C=O) groups is 1. The third-order valence-electron chi connectivity index (χ3n) is 6.01. The van der Waals surface area contributed by atoms with Gasteiger partial charge in [0.15, 0.2) is 0 Å². The number of amides is 1. The summed E-state index contributed by atoms with van der Waals surface area (Å²) in [6.45, 7) is 10.4. The van der Waals surface area contributed by atoms with Gasteiger partial charge in [-0.05, 0) is 56.2 Å². The summed E-state index contributed by atoms with van der Waals surface area (Å²) in [5, 5.41) is 11.8. The fourth-order valence-corrected chi connectivity index (χ4v) is 4.19. The number of aryl methyl sites for hydroxylation is 2. The van der Waals surface area contributed by atoms with Crippen LogP contribution in [0.3, 0.4) is 0 Å². The molecule has 0 saturated carbocycles. The van der Waals surface area contributed by atoms with E-state index < -0.39 is 0 Å². The van der Waals surface area contributed by atoms with Gasteiger partial charge >= 0.3 is 0 Å². The molecule has 0 radical (unpaired) electrons. The monoisotopic (exact) mass is 406 g/mol. The summed E-state index contributed by atoms with van der Waals surface area (Å²) in [4.78, 5) is 12.7. The van der Waals surface area contributed by atoms with Crippen LogP contribution in [0.25, 0.3) is 5.69 Å². The zero-order valence-electron chi connectivity index (χ0n) is 18.5. The maximum Gasteiger partial charge on any atom is 0.225 e. The Morgan fingerprint density at radius 3 is 2.60 bits per heavy atom. The van der Waals surface area contributed by atoms with Crippen LogP contribution in [0.15, 0.2) is 35.0 Å². The summed E-state index contributed by atoms with van der Waals surface area (Å²) in [6, 6.07) is 8.61. The Labute approximate surface area is 177 Å². The van der Waals surface area contributed by atoms with Crippen molar-refractivity contribution in [2.75, 3.05) is 0 Å². The Morgan fingerprint density at radius 1 is 1.23 bits per heavy atom. The topological polar surface area (TPSA) is 73.0 Å². The quantitative estimate of drug-likeness (QED) is 0.692. The molecule has 1 aromatic carbocycles. The maximum atomic E-state index is 12.7. The molecule has 1 aliphatic carbocycles. The van der Waals surface area contributed by atoms with Gasteiger partial charge in [-0.1, -0.05) is 38.1 Å². The van der Waals surface area contributed by atoms with Crippen molar-refractivity contribution < 1.29 is 9.32 Å². The van der Waals surface area contributed by atoms with Crippen molar-refractivity contribution in [2.45, 2.75) is 71.8 Å². The van der Waals surface area contributed by atoms with Crippen molar-refractivity contribution in [1.82, 2.24) is 20.3 Å². The standard InChI is InChI=1S/C24H30N4O2/c1-15-19(16(2)30-27-15)13-23(29)26-21-7-6-8-22-20(21)14-25-28(22)18-11-9-17(10-12-18)24(3,4)5/h9-12,14,21H,6-8,13H2,1-5H3,(H,26,29)/t21-/m0/s1. The molecule has 0 fully saturated rings. The molecule has 2 aromatic heterocycles. The van der Waals surface area contributed by atoms with E-state index in [0.717, 1.165) is 41.8 Å². The van der Waals surface area contributed by atoms with Crippen LogP contribution in [0.4, 0.5) is 0 Å². The Morgan fingerprint density at radius 2 is 1.97 bits per heavy atom. The van der Waals surface area contributed by atoms with E-state index in [0.29, 0.717) is 5.76 Å². The van der Waals surface area contributed by atoms with Crippen molar-refractivity contribution in [1.29, 1.82) is 0 Å². The SMILES string of the molecule is Cc1noc(C)c1CC(=O)N[C@H]1CCCc2c1cnn2-c1ccc(C(C)(C)C)cc1. The normalized spacial score (nSPS) is 16.4. The molecule has 0 unspecified atom stereocenters. The third kappa shape index (κ3) is 3.91. The number of rotatable bonds is 4. The second-order valence-electron chi connectivity index (χ2n) is 9.25. The summed E-state index contributed by atoms with van der Waals surface area (Å²) in [6.07, 6.45) is 5.11. The number of nitrogens with zero attached hydrogens (tertiary/aromatic N) is 3. The molecule has 1 N–H and O–H groups in total. The van der Waals surface area contributed by atoms with Gasteiger partial charge in [0.25, 0.3) is 0 Å². The lowest BCUT2D eigenvalue weighted by atomic mass is 9.87. The smallest absolute Gasteiger partial charge is 0.225 e. The molecule has 1 atom stereocenters. The average molecular weight is 407 g/mol. The molecule has 0 bridgehead atoms. The molecule has 158 valence electrons. The summed E-state index contributed by atoms with van der Waals surface area (Å²) in [5.74, 6) is 0.697. The molecule has 1 aliphatic rings. The Kier molecular flexibility index (Phi) is 5.26. The molecule has 6 heteroatoms. The molecule has 1 amide bonds. The minimum atomic E-state index is -0.00989. The van der Waals surface area contributed by atoms with Gasteiger partial charge in [0, 0.05) is 16.8 Å². The molecule has 4 rings (SSSR count). The van der Waals surface area contributed by atoms with Gasteiger partial charge in [0.2, 0.25) is 5.91 Å². The van der Waals surface area contributed by atoms with E-state index in [-0.39, 0.29) is 23.8 Å². The fourth-order valence-electron chi connectivity index (χ4n) is 4.19. The lowest BCUT2D eigenvalue weighted by molar-refractivity contribution is -0.121. The minimum Gasteiger partial charge on any atom is -0.361 e. The first-order valence-corrected chi connectivity index (χ1v) is 10.6. The number of aromatic nitrogens is 3. The third-order valence-corrected chi connectivity index (χ3v) is 6.01. The van der Waals surface area contributed by atoms with Crippen molar-refractivity contribution in [3.8, 4) is 5.69 Å². The highest BCUT2D eigenvalue weighted by Crippen LogP contribution is 2.32. The lowest BCUT2D eigenvalue weighted by Crippen LogP contribution is -2.32. The Balaban J connectivity index is 1.53. The summed E-state index contributed by atoms with van der Waals surface area (Å²) in [5.41, 5.74) is 6.44. The van der Waals surface area contributed by atoms with Gasteiger partial charge in [0.1, 0.15) is 5.76 Å². The molecule has 30 heavy (non-hydrogen) atoms. The number of fused-ring (bicyclic) bond motifs is 1. The predicted octanol–water partition coefficient (Wildman–Crippen LogP) is 4.51.